The molecular weight excluding hydrogens is 430 g/mol. The van der Waals surface area contributed by atoms with Crippen LogP contribution in [0.4, 0.5) is 0 Å². The third-order valence-electron chi connectivity index (χ3n) is 5.22. The Hall–Kier alpha value is -1.16. The van der Waals surface area contributed by atoms with Gasteiger partial charge in [-0.25, -0.2) is 13.1 Å². The van der Waals surface area contributed by atoms with Gasteiger partial charge in [-0.15, -0.1) is 12.4 Å². The van der Waals surface area contributed by atoms with E-state index < -0.39 is 10.0 Å². The fraction of sp³-hybridized carbons (Fsp3) is 0.500. The monoisotopic (exact) mass is 459 g/mol. The summed E-state index contributed by atoms with van der Waals surface area (Å²) in [6, 6.07) is 9.71. The Morgan fingerprint density at radius 1 is 1.14 bits per heavy atom. The first-order valence-electron chi connectivity index (χ1n) is 9.52. The van der Waals surface area contributed by atoms with E-state index in [0.717, 1.165) is 37.5 Å². The number of ether oxygens (including phenoxy) is 1. The summed E-state index contributed by atoms with van der Waals surface area (Å²) >= 11 is 1.65. The van der Waals surface area contributed by atoms with Gasteiger partial charge in [-0.2, -0.15) is 11.3 Å². The molecule has 1 aromatic heterocycles. The van der Waals surface area contributed by atoms with Crippen LogP contribution >= 0.6 is 23.7 Å². The highest BCUT2D eigenvalue weighted by Crippen LogP contribution is 2.24. The van der Waals surface area contributed by atoms with E-state index in [1.165, 1.54) is 5.56 Å². The number of methoxy groups -OCH3 is 1. The Labute approximate surface area is 184 Å². The molecule has 0 aliphatic carbocycles. The van der Waals surface area contributed by atoms with Crippen LogP contribution in [0.5, 0.6) is 5.75 Å². The van der Waals surface area contributed by atoms with Gasteiger partial charge in [0.15, 0.2) is 0 Å². The average molecular weight is 460 g/mol. The molecule has 162 valence electrons. The first-order valence-corrected chi connectivity index (χ1v) is 12.1. The first-order chi connectivity index (χ1) is 13.5. The van der Waals surface area contributed by atoms with Gasteiger partial charge in [-0.05, 0) is 53.6 Å². The molecule has 0 radical (unpaired) electrons. The van der Waals surface area contributed by atoms with Crippen molar-refractivity contribution >= 4 is 33.8 Å². The highest BCUT2D eigenvalue weighted by Gasteiger charge is 2.25. The fourth-order valence-electron chi connectivity index (χ4n) is 3.38. The zero-order chi connectivity index (χ0) is 20.0. The summed E-state index contributed by atoms with van der Waals surface area (Å²) in [5, 5.41) is 4.17. The maximum absolute atomic E-state index is 12.6. The van der Waals surface area contributed by atoms with E-state index in [0.29, 0.717) is 13.0 Å². The van der Waals surface area contributed by atoms with Gasteiger partial charge in [-0.3, -0.25) is 4.90 Å². The van der Waals surface area contributed by atoms with Gasteiger partial charge < -0.3 is 9.64 Å². The third kappa shape index (κ3) is 7.24. The second kappa shape index (κ2) is 11.3. The molecule has 0 spiro atoms. The highest BCUT2D eigenvalue weighted by atomic mass is 35.5. The number of nitrogens with one attached hydrogen (secondary N) is 1. The Kier molecular flexibility index (Phi) is 9.39. The molecule has 1 saturated heterocycles. The van der Waals surface area contributed by atoms with Crippen molar-refractivity contribution < 1.29 is 13.2 Å². The zero-order valence-electron chi connectivity index (χ0n) is 16.9. The van der Waals surface area contributed by atoms with Crippen LogP contribution in [0.3, 0.4) is 0 Å². The molecule has 0 bridgehead atoms. The SMILES string of the molecule is COc1ccc(CCS(=O)(=O)NCC(c2ccsc2)N2CCN(C)CC2)cc1.Cl. The van der Waals surface area contributed by atoms with Gasteiger partial charge in [0.2, 0.25) is 10.0 Å². The molecule has 1 unspecified atom stereocenters. The second-order valence-corrected chi connectivity index (χ2v) is 9.88. The second-order valence-electron chi connectivity index (χ2n) is 7.18. The summed E-state index contributed by atoms with van der Waals surface area (Å²) in [4.78, 5) is 4.69. The Morgan fingerprint density at radius 3 is 2.41 bits per heavy atom. The van der Waals surface area contributed by atoms with Crippen molar-refractivity contribution in [3.05, 3.63) is 52.2 Å². The van der Waals surface area contributed by atoms with Crippen LogP contribution in [0.2, 0.25) is 0 Å². The Balaban J connectivity index is 0.00000300. The normalized spacial score (nSPS) is 16.9. The quantitative estimate of drug-likeness (QED) is 0.624. The number of likely N-dealkylation sites (N-methyl/N-ethyl adjacent to an activating group) is 1. The molecule has 2 heterocycles. The molecule has 0 saturated carbocycles. The van der Waals surface area contributed by atoms with Crippen molar-refractivity contribution in [2.24, 2.45) is 0 Å². The zero-order valence-corrected chi connectivity index (χ0v) is 19.4. The lowest BCUT2D eigenvalue weighted by atomic mass is 10.1. The lowest BCUT2D eigenvalue weighted by Crippen LogP contribution is -2.48. The molecule has 1 aliphatic rings. The molecule has 9 heteroatoms. The van der Waals surface area contributed by atoms with Gasteiger partial charge >= 0.3 is 0 Å². The van der Waals surface area contributed by atoms with E-state index in [1.54, 1.807) is 18.4 Å². The lowest BCUT2D eigenvalue weighted by molar-refractivity contribution is 0.113. The van der Waals surface area contributed by atoms with Crippen molar-refractivity contribution in [2.75, 3.05) is 52.6 Å². The fourth-order valence-corrected chi connectivity index (χ4v) is 5.15. The molecule has 1 aliphatic heterocycles. The number of hydrogen-bond acceptors (Lipinski definition) is 6. The number of nitrogens with zero attached hydrogens (tertiary/aromatic N) is 2. The molecule has 6 nitrogen and oxygen atoms in total. The Bertz CT molecular complexity index is 821. The molecule has 3 rings (SSSR count). The summed E-state index contributed by atoms with van der Waals surface area (Å²) in [5.74, 6) is 0.855. The van der Waals surface area contributed by atoms with Crippen molar-refractivity contribution in [1.82, 2.24) is 14.5 Å². The largest absolute Gasteiger partial charge is 0.497 e. The number of aryl methyl sites for hydroxylation is 1. The van der Waals surface area contributed by atoms with Crippen molar-refractivity contribution in [2.45, 2.75) is 12.5 Å². The van der Waals surface area contributed by atoms with Crippen LogP contribution in [0, 0.1) is 0 Å². The van der Waals surface area contributed by atoms with E-state index in [1.807, 2.05) is 24.3 Å². The minimum absolute atomic E-state index is 0. The third-order valence-corrected chi connectivity index (χ3v) is 7.27. The molecule has 1 aromatic carbocycles. The molecule has 2 aromatic rings. The standard InChI is InChI=1S/C20H29N3O3S2.ClH/c1-22-9-11-23(12-10-22)20(18-7-13-27-16-18)15-21-28(24,25)14-8-17-3-5-19(26-2)6-4-17;/h3-7,13,16,20-21H,8-12,14-15H2,1-2H3;1H. The number of halogens is 1. The first kappa shape index (κ1) is 24.1. The number of rotatable bonds is 9. The molecule has 1 fully saturated rings. The van der Waals surface area contributed by atoms with Crippen LogP contribution in [0.15, 0.2) is 41.1 Å². The molecule has 29 heavy (non-hydrogen) atoms. The van der Waals surface area contributed by atoms with Gasteiger partial charge in [-0.1, -0.05) is 12.1 Å². The van der Waals surface area contributed by atoms with Crippen molar-refractivity contribution in [3.8, 4) is 5.75 Å². The van der Waals surface area contributed by atoms with Gasteiger partial charge in [0.25, 0.3) is 0 Å². The molecule has 0 amide bonds. The maximum Gasteiger partial charge on any atom is 0.211 e. The molecule has 1 atom stereocenters. The van der Waals surface area contributed by atoms with E-state index in [2.05, 4.69) is 38.4 Å². The minimum Gasteiger partial charge on any atom is -0.497 e. The van der Waals surface area contributed by atoms with Crippen molar-refractivity contribution in [1.29, 1.82) is 0 Å². The lowest BCUT2D eigenvalue weighted by Gasteiger charge is -2.37. The highest BCUT2D eigenvalue weighted by molar-refractivity contribution is 7.89. The van der Waals surface area contributed by atoms with Crippen molar-refractivity contribution in [3.63, 3.8) is 0 Å². The van der Waals surface area contributed by atoms with E-state index in [9.17, 15) is 8.42 Å². The average Bonchev–Trinajstić information content (AvgIpc) is 3.23. The summed E-state index contributed by atoms with van der Waals surface area (Å²) in [6.07, 6.45) is 0.483. The summed E-state index contributed by atoms with van der Waals surface area (Å²) in [7, 11) is 0.397. The van der Waals surface area contributed by atoms with Gasteiger partial charge in [0.1, 0.15) is 5.75 Å². The number of sulfonamides is 1. The number of hydrogen-bond donors (Lipinski definition) is 1. The summed E-state index contributed by atoms with van der Waals surface area (Å²) in [5.41, 5.74) is 2.17. The van der Waals surface area contributed by atoms with E-state index >= 15 is 0 Å². The predicted octanol–water partition coefficient (Wildman–Crippen LogP) is 2.63. The summed E-state index contributed by atoms with van der Waals surface area (Å²) < 4.78 is 33.1. The van der Waals surface area contributed by atoms with Gasteiger partial charge in [0.05, 0.1) is 12.9 Å². The predicted molar refractivity (Wildman–Crippen MR) is 122 cm³/mol. The molecular formula is C20H30ClN3O3S2. The minimum atomic E-state index is -3.35. The number of benzene rings is 1. The number of thiophene rings is 1. The topological polar surface area (TPSA) is 61.9 Å². The van der Waals surface area contributed by atoms with Gasteiger partial charge in [0, 0.05) is 38.8 Å². The van der Waals surface area contributed by atoms with Crippen LogP contribution in [-0.2, 0) is 16.4 Å². The van der Waals surface area contributed by atoms with Crippen LogP contribution in [0.25, 0.3) is 0 Å². The van der Waals surface area contributed by atoms with Crippen LogP contribution < -0.4 is 9.46 Å². The van der Waals surface area contributed by atoms with E-state index in [4.69, 9.17) is 4.74 Å². The molecule has 1 N–H and O–H groups in total. The van der Waals surface area contributed by atoms with Crippen LogP contribution in [0.1, 0.15) is 17.2 Å². The Morgan fingerprint density at radius 2 is 1.83 bits per heavy atom. The van der Waals surface area contributed by atoms with E-state index in [-0.39, 0.29) is 24.2 Å². The number of piperazine rings is 1. The van der Waals surface area contributed by atoms with Crippen LogP contribution in [-0.4, -0.2) is 70.9 Å². The summed E-state index contributed by atoms with van der Waals surface area (Å²) in [6.45, 7) is 4.32. The maximum atomic E-state index is 12.6. The smallest absolute Gasteiger partial charge is 0.211 e.